The van der Waals surface area contributed by atoms with Gasteiger partial charge in [-0.05, 0) is 0 Å². The zero-order valence-electron chi connectivity index (χ0n) is 5.05. The largest absolute Gasteiger partial charge is 0.394 e. The Morgan fingerprint density at radius 2 is 0.667 bits per heavy atom. The predicted molar refractivity (Wildman–Crippen MR) is 36.5 cm³/mol. The summed E-state index contributed by atoms with van der Waals surface area (Å²) in [5.41, 5.74) is 0. The second-order valence-electron chi connectivity index (χ2n) is 0.896. The second-order valence-corrected chi connectivity index (χ2v) is 2.69. The van der Waals surface area contributed by atoms with Crippen LogP contribution >= 0.6 is 0 Å². The van der Waals surface area contributed by atoms with Gasteiger partial charge in [0.25, 0.3) is 0 Å². The Hall–Kier alpha value is -0.240. The van der Waals surface area contributed by atoms with Crippen molar-refractivity contribution in [1.29, 1.82) is 0 Å². The smallest absolute Gasteiger partial charge is 0.264 e. The van der Waals surface area contributed by atoms with E-state index in [1.807, 2.05) is 0 Å². The molecule has 0 atom stereocenters. The molecule has 0 saturated heterocycles. The van der Waals surface area contributed by atoms with Crippen LogP contribution in [0.2, 0.25) is 0 Å². The van der Waals surface area contributed by atoms with Crippen LogP contribution in [0, 0.1) is 0 Å². The van der Waals surface area contributed by atoms with Gasteiger partial charge in [0.05, 0.1) is 0 Å². The zero-order chi connectivity index (χ0) is 11.0. The van der Waals surface area contributed by atoms with E-state index in [2.05, 4.69) is 12.5 Å². The first kappa shape index (κ1) is 17.7. The molecule has 0 radical (unpaired) electrons. The normalized spacial score (nSPS) is 10.0. The highest BCUT2D eigenvalue weighted by Gasteiger charge is 1.85. The Labute approximate surface area is 73.1 Å². The third kappa shape index (κ3) is 13000. The first-order chi connectivity index (χ1) is 5.00. The van der Waals surface area contributed by atoms with Crippen LogP contribution in [-0.4, -0.2) is 39.3 Å². The van der Waals surface area contributed by atoms with Crippen molar-refractivity contribution >= 4 is 33.3 Å². The molecule has 0 heterocycles. The minimum Gasteiger partial charge on any atom is -0.264 e. The summed E-state index contributed by atoms with van der Waals surface area (Å²) in [4.78, 5) is 0. The van der Waals surface area contributed by atoms with Crippen molar-refractivity contribution in [1.82, 2.24) is 0 Å². The molecule has 0 aliphatic rings. The van der Waals surface area contributed by atoms with Crippen LogP contribution in [0.3, 0.4) is 0 Å². The van der Waals surface area contributed by atoms with E-state index < -0.39 is 20.8 Å². The molecule has 0 spiro atoms. The molecule has 0 fully saturated rings. The molecular weight excluding hydrogens is 240 g/mol. The lowest BCUT2D eigenvalue weighted by Gasteiger charge is -1.68. The molecule has 0 aliphatic heterocycles. The Morgan fingerprint density at radius 1 is 0.667 bits per heavy atom. The predicted octanol–water partition coefficient (Wildman–Crippen LogP) is -1.64. The van der Waals surface area contributed by atoms with E-state index >= 15 is 0 Å². The van der Waals surface area contributed by atoms with Crippen molar-refractivity contribution in [2.45, 2.75) is 0 Å². The van der Waals surface area contributed by atoms with E-state index in [0.717, 1.165) is 0 Å². The Morgan fingerprint density at radius 3 is 0.667 bits per heavy atom. The molecule has 0 aromatic carbocycles. The summed E-state index contributed by atoms with van der Waals surface area (Å²) in [5, 5.41) is 0. The fourth-order valence-electron chi connectivity index (χ4n) is 0. The third-order valence-electron chi connectivity index (χ3n) is 0. The van der Waals surface area contributed by atoms with E-state index in [1.54, 1.807) is 0 Å². The summed E-state index contributed by atoms with van der Waals surface area (Å²) in [6.07, 6.45) is 0. The average molecular weight is 244 g/mol. The number of hydrogen-bond acceptors (Lipinski definition) is 6. The van der Waals surface area contributed by atoms with Gasteiger partial charge in [0, 0.05) is 0 Å². The summed E-state index contributed by atoms with van der Waals surface area (Å²) in [6.45, 7) is 0. The lowest BCUT2D eigenvalue weighted by atomic mass is 15.8. The van der Waals surface area contributed by atoms with E-state index in [4.69, 9.17) is 39.3 Å². The SMILES string of the molecule is O=S.O=S(=O)(O)O.O=S(=O)(O)O. The van der Waals surface area contributed by atoms with Gasteiger partial charge in [-0.1, -0.05) is 0 Å². The third-order valence-corrected chi connectivity index (χ3v) is 0. The first-order valence-electron chi connectivity index (χ1n) is 1.56. The minimum atomic E-state index is -4.67. The van der Waals surface area contributed by atoms with Crippen molar-refractivity contribution in [3.05, 3.63) is 0 Å². The van der Waals surface area contributed by atoms with Gasteiger partial charge in [-0.25, -0.2) is 0 Å². The van der Waals surface area contributed by atoms with E-state index in [1.165, 1.54) is 0 Å². The van der Waals surface area contributed by atoms with Crippen molar-refractivity contribution in [2.24, 2.45) is 0 Å². The van der Waals surface area contributed by atoms with Crippen LogP contribution in [-0.2, 0) is 33.3 Å². The maximum Gasteiger partial charge on any atom is 0.394 e. The summed E-state index contributed by atoms with van der Waals surface area (Å²) in [6, 6.07) is 0. The Bertz CT molecular complexity index is 219. The summed E-state index contributed by atoms with van der Waals surface area (Å²) < 4.78 is 71.0. The number of rotatable bonds is 0. The molecule has 12 heavy (non-hydrogen) atoms. The van der Waals surface area contributed by atoms with Gasteiger partial charge in [-0.15, -0.1) is 0 Å². The fourth-order valence-corrected chi connectivity index (χ4v) is 0. The van der Waals surface area contributed by atoms with Crippen LogP contribution < -0.4 is 0 Å². The van der Waals surface area contributed by atoms with Crippen LogP contribution in [0.4, 0.5) is 0 Å². The highest BCUT2D eigenvalue weighted by atomic mass is 32.3. The van der Waals surface area contributed by atoms with E-state index in [9.17, 15) is 0 Å². The second kappa shape index (κ2) is 7.41. The van der Waals surface area contributed by atoms with Gasteiger partial charge in [-0.2, -0.15) is 21.0 Å². The number of hydrogen-bond donors (Lipinski definition) is 4. The average Bonchev–Trinajstić information content (AvgIpc) is 1.59. The van der Waals surface area contributed by atoms with Gasteiger partial charge in [0.15, 0.2) is 12.5 Å². The molecule has 76 valence electrons. The Balaban J connectivity index is -0.000000112. The molecule has 0 bridgehead atoms. The van der Waals surface area contributed by atoms with Gasteiger partial charge in [0.2, 0.25) is 0 Å². The summed E-state index contributed by atoms with van der Waals surface area (Å²) in [7, 11) is -9.33. The van der Waals surface area contributed by atoms with Gasteiger partial charge >= 0.3 is 20.8 Å². The molecule has 0 aromatic heterocycles. The van der Waals surface area contributed by atoms with Gasteiger partial charge < -0.3 is 0 Å². The van der Waals surface area contributed by atoms with Crippen molar-refractivity contribution in [2.75, 3.05) is 0 Å². The molecular formula is H4O9S3. The molecule has 0 unspecified atom stereocenters. The fraction of sp³-hybridized carbons (Fsp3) is 0. The summed E-state index contributed by atoms with van der Waals surface area (Å²) in [5.74, 6) is 0. The van der Waals surface area contributed by atoms with Crippen molar-refractivity contribution in [3.63, 3.8) is 0 Å². The van der Waals surface area contributed by atoms with Gasteiger partial charge in [-0.3, -0.25) is 18.2 Å². The maximum atomic E-state index is 8.74. The molecule has 9 nitrogen and oxygen atoms in total. The minimum absolute atomic E-state index is 2.83. The highest BCUT2D eigenvalue weighted by molar-refractivity contribution is 7.80. The van der Waals surface area contributed by atoms with Crippen molar-refractivity contribution < 1.29 is 39.3 Å². The molecule has 0 rings (SSSR count). The summed E-state index contributed by atoms with van der Waals surface area (Å²) >= 11 is 2.83. The standard InChI is InChI=1S/2H2O4S.OS/c2*1-5(2,3)4;1-2/h2*(H2,1,2,3,4);. The zero-order valence-corrected chi connectivity index (χ0v) is 7.50. The highest BCUT2D eigenvalue weighted by Crippen LogP contribution is 1.59. The van der Waals surface area contributed by atoms with Crippen LogP contribution in [0.5, 0.6) is 0 Å². The van der Waals surface area contributed by atoms with Crippen LogP contribution in [0.1, 0.15) is 0 Å². The molecule has 0 saturated carbocycles. The molecule has 0 amide bonds. The molecule has 0 aliphatic carbocycles. The van der Waals surface area contributed by atoms with Gasteiger partial charge in [0.1, 0.15) is 0 Å². The molecule has 0 aromatic rings. The van der Waals surface area contributed by atoms with Crippen LogP contribution in [0.15, 0.2) is 0 Å². The quantitative estimate of drug-likeness (QED) is 0.362. The van der Waals surface area contributed by atoms with Crippen LogP contribution in [0.25, 0.3) is 0 Å². The molecule has 12 heteroatoms. The molecule has 4 N–H and O–H groups in total. The first-order valence-corrected chi connectivity index (χ1v) is 4.69. The monoisotopic (exact) mass is 244 g/mol. The Kier molecular flexibility index (Phi) is 11.0. The van der Waals surface area contributed by atoms with E-state index in [-0.39, 0.29) is 0 Å². The lowest BCUT2D eigenvalue weighted by Crippen LogP contribution is -1.89. The van der Waals surface area contributed by atoms with Crippen molar-refractivity contribution in [3.8, 4) is 0 Å². The lowest BCUT2D eigenvalue weighted by molar-refractivity contribution is 0.378. The topological polar surface area (TPSA) is 166 Å². The van der Waals surface area contributed by atoms with E-state index in [0.29, 0.717) is 0 Å². The maximum absolute atomic E-state index is 8.74.